The quantitative estimate of drug-likeness (QED) is 0.313. The summed E-state index contributed by atoms with van der Waals surface area (Å²) in [5.41, 5.74) is 0.269. The molecule has 11 atom stereocenters. The standard InChI is InChI=1S/C32H52O4/c1-19(33)35-24-13-15-28(6)20-12-16-29(7)21-11-10-14-26(2,3)30(21,8)18-25-32(29,36-25)31(20,9)23(34)17-22(28)27(24,4)5/h20-25,34H,10-18H2,1-9H3/t20-,21+,22+,23-,24+,25+,28-,29+,30+,31+,32+/m1/s1. The predicted octanol–water partition coefficient (Wildman–Crippen LogP) is 6.92. The van der Waals surface area contributed by atoms with Crippen molar-refractivity contribution in [3.63, 3.8) is 0 Å². The third-order valence-corrected chi connectivity index (χ3v) is 14.8. The van der Waals surface area contributed by atoms with Crippen LogP contribution in [0.4, 0.5) is 0 Å². The number of fused-ring (bicyclic) bond motifs is 5. The van der Waals surface area contributed by atoms with Crippen LogP contribution in [0.1, 0.15) is 120 Å². The van der Waals surface area contributed by atoms with Gasteiger partial charge in [0.25, 0.3) is 0 Å². The fourth-order valence-corrected chi connectivity index (χ4v) is 12.7. The molecule has 1 saturated heterocycles. The van der Waals surface area contributed by atoms with Gasteiger partial charge in [0.2, 0.25) is 0 Å². The molecule has 6 rings (SSSR count). The van der Waals surface area contributed by atoms with Crippen LogP contribution >= 0.6 is 0 Å². The number of aliphatic hydroxyl groups is 1. The van der Waals surface area contributed by atoms with E-state index in [1.807, 2.05) is 0 Å². The smallest absolute Gasteiger partial charge is 0.302 e. The summed E-state index contributed by atoms with van der Waals surface area (Å²) in [6.45, 7) is 21.2. The highest BCUT2D eigenvalue weighted by molar-refractivity contribution is 5.66. The second-order valence-corrected chi connectivity index (χ2v) is 16.4. The second kappa shape index (κ2) is 7.12. The van der Waals surface area contributed by atoms with Gasteiger partial charge in [0.05, 0.1) is 12.2 Å². The molecular formula is C32H52O4. The van der Waals surface area contributed by atoms with E-state index in [4.69, 9.17) is 9.47 Å². The van der Waals surface area contributed by atoms with Crippen molar-refractivity contribution in [1.29, 1.82) is 0 Å². The second-order valence-electron chi connectivity index (χ2n) is 16.4. The van der Waals surface area contributed by atoms with E-state index in [0.29, 0.717) is 28.6 Å². The summed E-state index contributed by atoms with van der Waals surface area (Å²) >= 11 is 0. The van der Waals surface area contributed by atoms with Gasteiger partial charge in [0.1, 0.15) is 11.7 Å². The highest BCUT2D eigenvalue weighted by Crippen LogP contribution is 2.83. The Labute approximate surface area is 219 Å². The third-order valence-electron chi connectivity index (χ3n) is 14.8. The Balaban J connectivity index is 1.42. The van der Waals surface area contributed by atoms with Crippen molar-refractivity contribution in [2.75, 3.05) is 0 Å². The van der Waals surface area contributed by atoms with Crippen LogP contribution in [0, 0.1) is 50.2 Å². The zero-order chi connectivity index (χ0) is 26.3. The van der Waals surface area contributed by atoms with Crippen molar-refractivity contribution in [3.05, 3.63) is 0 Å². The van der Waals surface area contributed by atoms with Crippen LogP contribution in [-0.2, 0) is 14.3 Å². The Morgan fingerprint density at radius 2 is 1.56 bits per heavy atom. The number of rotatable bonds is 1. The summed E-state index contributed by atoms with van der Waals surface area (Å²) in [7, 11) is 0. The largest absolute Gasteiger partial charge is 0.462 e. The topological polar surface area (TPSA) is 59.1 Å². The maximum Gasteiger partial charge on any atom is 0.302 e. The number of carbonyl (C=O) groups is 1. The Morgan fingerprint density at radius 1 is 0.861 bits per heavy atom. The van der Waals surface area contributed by atoms with Crippen LogP contribution in [0.2, 0.25) is 0 Å². The summed E-state index contributed by atoms with van der Waals surface area (Å²) < 4.78 is 13.0. The Hall–Kier alpha value is -0.610. The van der Waals surface area contributed by atoms with Crippen molar-refractivity contribution in [2.45, 2.75) is 144 Å². The van der Waals surface area contributed by atoms with E-state index in [1.165, 1.54) is 39.0 Å². The van der Waals surface area contributed by atoms with E-state index in [-0.39, 0.29) is 51.5 Å². The SMILES string of the molecule is CC(=O)O[C@H]1CC[C@]2(C)[C@H]3CC[C@@]4(C)[C@@H]5CCCC(C)(C)[C@@]5(C)C[C@@H]5O[C@@]54[C@]3(C)[C@H](O)C[C@H]2C1(C)C. The van der Waals surface area contributed by atoms with Gasteiger partial charge in [-0.25, -0.2) is 0 Å². The first-order valence-electron chi connectivity index (χ1n) is 15.1. The summed E-state index contributed by atoms with van der Waals surface area (Å²) in [5, 5.41) is 12.2. The van der Waals surface area contributed by atoms with Gasteiger partial charge >= 0.3 is 5.97 Å². The lowest BCUT2D eigenvalue weighted by molar-refractivity contribution is -0.277. The van der Waals surface area contributed by atoms with Gasteiger partial charge in [0, 0.05) is 23.2 Å². The van der Waals surface area contributed by atoms with Crippen LogP contribution in [0.3, 0.4) is 0 Å². The summed E-state index contributed by atoms with van der Waals surface area (Å²) in [6, 6.07) is 0. The molecule has 0 aromatic carbocycles. The molecule has 0 aromatic rings. The van der Waals surface area contributed by atoms with E-state index in [1.54, 1.807) is 0 Å². The van der Waals surface area contributed by atoms with Gasteiger partial charge in [-0.2, -0.15) is 0 Å². The van der Waals surface area contributed by atoms with E-state index in [0.717, 1.165) is 25.7 Å². The van der Waals surface area contributed by atoms with Gasteiger partial charge in [0.15, 0.2) is 0 Å². The molecule has 36 heavy (non-hydrogen) atoms. The highest BCUT2D eigenvalue weighted by atomic mass is 16.6. The van der Waals surface area contributed by atoms with E-state index in [2.05, 4.69) is 55.4 Å². The molecule has 5 saturated carbocycles. The fraction of sp³-hybridized carbons (Fsp3) is 0.969. The average molecular weight is 501 g/mol. The van der Waals surface area contributed by atoms with Crippen LogP contribution in [0.5, 0.6) is 0 Å². The molecule has 1 spiro atoms. The molecule has 0 radical (unpaired) electrons. The predicted molar refractivity (Wildman–Crippen MR) is 141 cm³/mol. The van der Waals surface area contributed by atoms with Crippen molar-refractivity contribution >= 4 is 5.97 Å². The Kier molecular flexibility index (Phi) is 5.07. The number of hydrogen-bond donors (Lipinski definition) is 1. The van der Waals surface area contributed by atoms with Crippen LogP contribution in [0.15, 0.2) is 0 Å². The Bertz CT molecular complexity index is 971. The zero-order valence-corrected chi connectivity index (χ0v) is 24.5. The number of esters is 1. The van der Waals surface area contributed by atoms with Crippen molar-refractivity contribution in [1.82, 2.24) is 0 Å². The van der Waals surface area contributed by atoms with E-state index in [9.17, 15) is 9.90 Å². The first-order chi connectivity index (χ1) is 16.5. The van der Waals surface area contributed by atoms with Crippen LogP contribution < -0.4 is 0 Å². The monoisotopic (exact) mass is 500 g/mol. The fourth-order valence-electron chi connectivity index (χ4n) is 12.7. The van der Waals surface area contributed by atoms with Gasteiger partial charge in [-0.1, -0.05) is 61.8 Å². The maximum atomic E-state index is 12.2. The summed E-state index contributed by atoms with van der Waals surface area (Å²) in [5.74, 6) is 1.23. The number of aliphatic hydroxyl groups excluding tert-OH is 1. The molecule has 0 amide bonds. The number of carbonyl (C=O) groups excluding carboxylic acids is 1. The van der Waals surface area contributed by atoms with Gasteiger partial charge in [-0.15, -0.1) is 0 Å². The molecule has 4 heteroatoms. The molecule has 6 aliphatic rings. The third kappa shape index (κ3) is 2.63. The molecule has 6 fully saturated rings. The van der Waals surface area contributed by atoms with Crippen LogP contribution in [-0.4, -0.2) is 35.0 Å². The van der Waals surface area contributed by atoms with E-state index >= 15 is 0 Å². The number of epoxide rings is 1. The molecular weight excluding hydrogens is 448 g/mol. The van der Waals surface area contributed by atoms with Crippen molar-refractivity contribution in [3.8, 4) is 0 Å². The first-order valence-corrected chi connectivity index (χ1v) is 15.1. The molecule has 204 valence electrons. The minimum Gasteiger partial charge on any atom is -0.462 e. The average Bonchev–Trinajstić information content (AvgIpc) is 3.49. The zero-order valence-electron chi connectivity index (χ0n) is 24.5. The molecule has 1 N–H and O–H groups in total. The normalized spacial score (nSPS) is 58.3. The lowest BCUT2D eigenvalue weighted by atomic mass is 9.30. The van der Waals surface area contributed by atoms with Gasteiger partial charge in [-0.3, -0.25) is 4.79 Å². The summed E-state index contributed by atoms with van der Waals surface area (Å²) in [4.78, 5) is 11.9. The Morgan fingerprint density at radius 3 is 2.22 bits per heavy atom. The van der Waals surface area contributed by atoms with Crippen molar-refractivity contribution in [2.24, 2.45) is 50.2 Å². The highest BCUT2D eigenvalue weighted by Gasteiger charge is 2.87. The maximum absolute atomic E-state index is 12.2. The van der Waals surface area contributed by atoms with Crippen molar-refractivity contribution < 1.29 is 19.4 Å². The molecule has 5 aliphatic carbocycles. The molecule has 0 aromatic heterocycles. The minimum absolute atomic E-state index is 0.0681. The molecule has 0 bridgehead atoms. The van der Waals surface area contributed by atoms with Gasteiger partial charge < -0.3 is 14.6 Å². The molecule has 4 nitrogen and oxygen atoms in total. The lowest BCUT2D eigenvalue weighted by Gasteiger charge is -2.73. The lowest BCUT2D eigenvalue weighted by Crippen LogP contribution is -2.74. The first kappa shape index (κ1) is 25.7. The number of hydrogen-bond acceptors (Lipinski definition) is 4. The molecule has 1 aliphatic heterocycles. The minimum atomic E-state index is -0.387. The number of ether oxygens (including phenoxy) is 2. The molecule has 0 unspecified atom stereocenters. The van der Waals surface area contributed by atoms with Crippen LogP contribution in [0.25, 0.3) is 0 Å². The molecule has 1 heterocycles. The summed E-state index contributed by atoms with van der Waals surface area (Å²) in [6.07, 6.45) is 10.1. The van der Waals surface area contributed by atoms with E-state index < -0.39 is 0 Å². The van der Waals surface area contributed by atoms with Gasteiger partial charge in [-0.05, 0) is 85.4 Å².